The molecule has 1 N–H and O–H groups in total. The SMILES string of the molecule is COC(=O)[C@]1(Cc2cn(C(c3ccccc3)(c3ccccc3)c3ccccc3)c(C(C)OS(=O)(=O)c3ccc(C)cc3)n2)NC1c1ccccc1. The lowest BCUT2D eigenvalue weighted by molar-refractivity contribution is -0.143. The molecule has 1 aliphatic heterocycles. The maximum atomic E-state index is 13.7. The van der Waals surface area contributed by atoms with Crippen LogP contribution >= 0.6 is 0 Å². The highest BCUT2D eigenvalue weighted by atomic mass is 32.2. The van der Waals surface area contributed by atoms with Crippen molar-refractivity contribution in [2.45, 2.75) is 48.4 Å². The number of carbonyl (C=O) groups is 1. The number of ether oxygens (including phenoxy) is 1. The Kier molecular flexibility index (Phi) is 9.20. The molecule has 0 amide bonds. The van der Waals surface area contributed by atoms with Gasteiger partial charge in [-0.3, -0.25) is 9.50 Å². The van der Waals surface area contributed by atoms with Crippen LogP contribution < -0.4 is 5.32 Å². The maximum Gasteiger partial charge on any atom is 0.328 e. The fourth-order valence-electron chi connectivity index (χ4n) is 7.13. The summed E-state index contributed by atoms with van der Waals surface area (Å²) in [6.07, 6.45) is 1.07. The van der Waals surface area contributed by atoms with Gasteiger partial charge in [-0.1, -0.05) is 139 Å². The highest BCUT2D eigenvalue weighted by Gasteiger charge is 2.61. The van der Waals surface area contributed by atoms with Gasteiger partial charge in [0.15, 0.2) is 0 Å². The summed E-state index contributed by atoms with van der Waals surface area (Å²) < 4.78 is 40.8. The Morgan fingerprint density at radius 3 is 1.78 bits per heavy atom. The minimum absolute atomic E-state index is 0.0521. The number of hydrogen-bond acceptors (Lipinski definition) is 7. The number of esters is 1. The van der Waals surface area contributed by atoms with Crippen molar-refractivity contribution in [3.05, 3.63) is 191 Å². The average Bonchev–Trinajstić information content (AvgIpc) is 3.75. The second-order valence-electron chi connectivity index (χ2n) is 12.9. The third kappa shape index (κ3) is 6.29. The molecule has 9 heteroatoms. The summed E-state index contributed by atoms with van der Waals surface area (Å²) in [5.41, 5.74) is 3.14. The summed E-state index contributed by atoms with van der Waals surface area (Å²) >= 11 is 0. The number of benzene rings is 5. The Balaban J connectivity index is 1.45. The summed E-state index contributed by atoms with van der Waals surface area (Å²) in [4.78, 5) is 18.7. The standard InChI is InChI=1S/C42H39N3O5S/c1-30-24-26-37(27-25-30)51(47,48)50-31(2)39-43-36(28-41(40(46)49-3)38(44-41)32-16-8-4-9-17-32)29-45(39)42(33-18-10-5-11-19-33,34-20-12-6-13-21-34)35-22-14-7-15-23-35/h4-27,29,31,38,44H,28H2,1-3H3/t31?,38?,41-/m1/s1. The van der Waals surface area contributed by atoms with Crippen LogP contribution in [0.5, 0.6) is 0 Å². The average molecular weight is 698 g/mol. The van der Waals surface area contributed by atoms with E-state index in [1.54, 1.807) is 31.2 Å². The van der Waals surface area contributed by atoms with Gasteiger partial charge in [-0.2, -0.15) is 8.42 Å². The van der Waals surface area contributed by atoms with E-state index in [1.807, 2.05) is 103 Å². The molecule has 0 radical (unpaired) electrons. The molecule has 1 saturated heterocycles. The number of aromatic nitrogens is 2. The van der Waals surface area contributed by atoms with Crippen molar-refractivity contribution in [2.75, 3.05) is 7.11 Å². The summed E-state index contributed by atoms with van der Waals surface area (Å²) in [6.45, 7) is 3.59. The molecule has 1 aliphatic rings. The second kappa shape index (κ2) is 13.8. The molecule has 0 bridgehead atoms. The number of aryl methyl sites for hydroxylation is 1. The topological polar surface area (TPSA) is 109 Å². The smallest absolute Gasteiger partial charge is 0.328 e. The molecule has 258 valence electrons. The van der Waals surface area contributed by atoms with Crippen LogP contribution in [-0.4, -0.2) is 36.6 Å². The normalized spacial score (nSPS) is 17.8. The van der Waals surface area contributed by atoms with Crippen LogP contribution in [0.25, 0.3) is 0 Å². The predicted molar refractivity (Wildman–Crippen MR) is 195 cm³/mol. The van der Waals surface area contributed by atoms with Crippen molar-refractivity contribution in [3.8, 4) is 0 Å². The molecule has 8 nitrogen and oxygen atoms in total. The Hall–Kier alpha value is -5.35. The first-order valence-electron chi connectivity index (χ1n) is 16.9. The predicted octanol–water partition coefficient (Wildman–Crippen LogP) is 7.30. The molecule has 0 spiro atoms. The minimum atomic E-state index is -4.20. The van der Waals surface area contributed by atoms with Gasteiger partial charge in [0.25, 0.3) is 10.1 Å². The lowest BCUT2D eigenvalue weighted by atomic mass is 9.76. The van der Waals surface area contributed by atoms with Crippen molar-refractivity contribution in [3.63, 3.8) is 0 Å². The summed E-state index contributed by atoms with van der Waals surface area (Å²) in [5.74, 6) is -0.0340. The monoisotopic (exact) mass is 697 g/mol. The van der Waals surface area contributed by atoms with Gasteiger partial charge in [0.05, 0.1) is 23.7 Å². The van der Waals surface area contributed by atoms with Gasteiger partial charge in [-0.25, -0.2) is 9.78 Å². The molecule has 1 fully saturated rings. The van der Waals surface area contributed by atoms with Gasteiger partial charge < -0.3 is 9.30 Å². The molecule has 6 aromatic rings. The lowest BCUT2D eigenvalue weighted by Crippen LogP contribution is -2.39. The van der Waals surface area contributed by atoms with Crippen LogP contribution in [0.1, 0.15) is 58.4 Å². The van der Waals surface area contributed by atoms with E-state index >= 15 is 0 Å². The van der Waals surface area contributed by atoms with Gasteiger partial charge in [0, 0.05) is 12.6 Å². The van der Waals surface area contributed by atoms with Crippen LogP contribution in [0, 0.1) is 6.92 Å². The van der Waals surface area contributed by atoms with Crippen molar-refractivity contribution in [2.24, 2.45) is 0 Å². The van der Waals surface area contributed by atoms with Gasteiger partial charge in [0.2, 0.25) is 0 Å². The van der Waals surface area contributed by atoms with Gasteiger partial charge >= 0.3 is 5.97 Å². The van der Waals surface area contributed by atoms with Gasteiger partial charge in [-0.15, -0.1) is 0 Å². The van der Waals surface area contributed by atoms with E-state index in [0.29, 0.717) is 11.5 Å². The zero-order valence-electron chi connectivity index (χ0n) is 28.6. The van der Waals surface area contributed by atoms with Crippen molar-refractivity contribution < 1.29 is 22.1 Å². The first kappa shape index (κ1) is 34.1. The van der Waals surface area contributed by atoms with Crippen molar-refractivity contribution in [1.82, 2.24) is 14.9 Å². The summed E-state index contributed by atoms with van der Waals surface area (Å²) in [7, 11) is -2.81. The second-order valence-corrected chi connectivity index (χ2v) is 14.5. The molecular formula is C42H39N3O5S. The van der Waals surface area contributed by atoms with E-state index in [4.69, 9.17) is 13.9 Å². The summed E-state index contributed by atoms with van der Waals surface area (Å²) in [5, 5.41) is 3.40. The van der Waals surface area contributed by atoms with E-state index in [9.17, 15) is 13.2 Å². The van der Waals surface area contributed by atoms with E-state index < -0.39 is 33.3 Å². The minimum Gasteiger partial charge on any atom is -0.468 e. The molecule has 7 rings (SSSR count). The molecular weight excluding hydrogens is 659 g/mol. The van der Waals surface area contributed by atoms with E-state index in [1.165, 1.54) is 7.11 Å². The lowest BCUT2D eigenvalue weighted by Gasteiger charge is -2.39. The number of rotatable bonds is 12. The molecule has 0 aliphatic carbocycles. The molecule has 3 atom stereocenters. The number of nitrogens with one attached hydrogen (secondary N) is 1. The van der Waals surface area contributed by atoms with Crippen LogP contribution in [0.3, 0.4) is 0 Å². The van der Waals surface area contributed by atoms with E-state index in [-0.39, 0.29) is 17.4 Å². The van der Waals surface area contributed by atoms with Crippen LogP contribution in [0.15, 0.2) is 157 Å². The Labute approximate surface area is 298 Å². The van der Waals surface area contributed by atoms with Crippen molar-refractivity contribution in [1.29, 1.82) is 0 Å². The number of imidazole rings is 1. The quantitative estimate of drug-likeness (QED) is 0.0619. The van der Waals surface area contributed by atoms with Gasteiger partial charge in [0.1, 0.15) is 23.0 Å². The zero-order chi connectivity index (χ0) is 35.6. The molecule has 1 aromatic heterocycles. The fourth-order valence-corrected chi connectivity index (χ4v) is 8.18. The number of hydrogen-bond donors (Lipinski definition) is 1. The Morgan fingerprint density at radius 1 is 0.804 bits per heavy atom. The van der Waals surface area contributed by atoms with E-state index in [0.717, 1.165) is 27.8 Å². The highest BCUT2D eigenvalue weighted by molar-refractivity contribution is 7.86. The van der Waals surface area contributed by atoms with Crippen LogP contribution in [0.4, 0.5) is 0 Å². The molecule has 2 heterocycles. The van der Waals surface area contributed by atoms with Crippen LogP contribution in [-0.2, 0) is 35.8 Å². The van der Waals surface area contributed by atoms with Gasteiger partial charge in [-0.05, 0) is 48.2 Å². The highest BCUT2D eigenvalue weighted by Crippen LogP contribution is 2.46. The first-order valence-corrected chi connectivity index (χ1v) is 18.3. The maximum absolute atomic E-state index is 13.7. The number of methoxy groups -OCH3 is 1. The molecule has 51 heavy (non-hydrogen) atoms. The molecule has 2 unspecified atom stereocenters. The molecule has 5 aromatic carbocycles. The third-order valence-corrected chi connectivity index (χ3v) is 11.0. The summed E-state index contributed by atoms with van der Waals surface area (Å²) in [6, 6.07) is 46.2. The molecule has 0 saturated carbocycles. The number of nitrogens with zero attached hydrogens (tertiary/aromatic N) is 2. The third-order valence-electron chi connectivity index (χ3n) is 9.62. The number of carbonyl (C=O) groups excluding carboxylic acids is 1. The Bertz CT molecular complexity index is 2130. The Morgan fingerprint density at radius 2 is 1.29 bits per heavy atom. The first-order chi connectivity index (χ1) is 24.7. The van der Waals surface area contributed by atoms with Crippen LogP contribution in [0.2, 0.25) is 0 Å². The van der Waals surface area contributed by atoms with E-state index in [2.05, 4.69) is 41.7 Å². The fraction of sp³-hybridized carbons (Fsp3) is 0.190. The zero-order valence-corrected chi connectivity index (χ0v) is 29.5. The largest absolute Gasteiger partial charge is 0.468 e. The van der Waals surface area contributed by atoms with Crippen molar-refractivity contribution >= 4 is 16.1 Å².